The third-order valence-corrected chi connectivity index (χ3v) is 8.16. The van der Waals surface area contributed by atoms with Gasteiger partial charge >= 0.3 is 13.7 Å². The summed E-state index contributed by atoms with van der Waals surface area (Å²) >= 11 is 0. The minimum Gasteiger partial charge on any atom is -0.480 e. The first-order valence-corrected chi connectivity index (χ1v) is 12.6. The largest absolute Gasteiger partial charge is 0.480 e. The van der Waals surface area contributed by atoms with E-state index in [4.69, 9.17) is 25.8 Å². The van der Waals surface area contributed by atoms with E-state index in [1.807, 2.05) is 0 Å². The molecule has 2 aromatic rings. The second-order valence-corrected chi connectivity index (χ2v) is 11.2. The zero-order valence-corrected chi connectivity index (χ0v) is 18.2. The van der Waals surface area contributed by atoms with Crippen molar-refractivity contribution in [2.24, 2.45) is 9.87 Å². The van der Waals surface area contributed by atoms with Gasteiger partial charge in [-0.3, -0.25) is 13.9 Å². The molecule has 178 valence electrons. The van der Waals surface area contributed by atoms with Gasteiger partial charge in [-0.1, -0.05) is 0 Å². The molecule has 1 aliphatic rings. The van der Waals surface area contributed by atoms with Crippen molar-refractivity contribution in [3.63, 3.8) is 0 Å². The SMILES string of the molecule is C[S@](=O)(C[C@@H](N)C(=O)O)=NP(=O)(O)OC[C@H]1OC(n2cnc3c(N)ncnc32)C(O)C1O. The number of rotatable bonds is 8. The predicted molar refractivity (Wildman–Crippen MR) is 108 cm³/mol. The lowest BCUT2D eigenvalue weighted by Crippen LogP contribution is -2.36. The van der Waals surface area contributed by atoms with Gasteiger partial charge in [0.15, 0.2) is 17.7 Å². The van der Waals surface area contributed by atoms with Crippen LogP contribution in [0.1, 0.15) is 6.23 Å². The lowest BCUT2D eigenvalue weighted by molar-refractivity contribution is -0.137. The van der Waals surface area contributed by atoms with E-state index in [0.717, 1.165) is 6.26 Å². The van der Waals surface area contributed by atoms with Crippen molar-refractivity contribution in [1.82, 2.24) is 19.5 Å². The van der Waals surface area contributed by atoms with Crippen molar-refractivity contribution < 1.29 is 43.0 Å². The van der Waals surface area contributed by atoms with Crippen LogP contribution in [0.3, 0.4) is 0 Å². The number of ether oxygens (including phenoxy) is 1. The molecule has 7 atom stereocenters. The van der Waals surface area contributed by atoms with Gasteiger partial charge in [0.1, 0.15) is 36.2 Å². The molecular formula is C14H22N7O9PS. The van der Waals surface area contributed by atoms with Crippen LogP contribution in [-0.2, 0) is 28.3 Å². The van der Waals surface area contributed by atoms with Crippen LogP contribution in [0.2, 0.25) is 0 Å². The summed E-state index contributed by atoms with van der Waals surface area (Å²) in [6.07, 6.45) is -2.09. The third kappa shape index (κ3) is 5.21. The molecule has 1 aliphatic heterocycles. The molecule has 0 spiro atoms. The number of anilines is 1. The summed E-state index contributed by atoms with van der Waals surface area (Å²) in [6, 6.07) is -1.56. The highest BCUT2D eigenvalue weighted by Crippen LogP contribution is 2.46. The summed E-state index contributed by atoms with van der Waals surface area (Å²) in [5, 5.41) is 29.4. The second-order valence-electron chi connectivity index (χ2n) is 7.07. The molecule has 8 N–H and O–H groups in total. The minimum absolute atomic E-state index is 0.0928. The first kappa shape index (κ1) is 24.4. The number of carboxylic acids is 1. The van der Waals surface area contributed by atoms with E-state index in [0.29, 0.717) is 0 Å². The fourth-order valence-electron chi connectivity index (χ4n) is 3.00. The van der Waals surface area contributed by atoms with Gasteiger partial charge in [0.25, 0.3) is 0 Å². The standard InChI is InChI=1S/C14H22N7O9PS/c1-32(28,3-6(15)14(24)25)20-31(26,27)29-2-7-9(22)10(23)13(30-7)21-5-19-8-11(16)17-4-18-12(8)21/h4-7,9-10,13,22-23H,2-3,15H2,1H3,(H,24,25)(H,26,27)(H2,16,17,18)/t6-,7-,9?,10?,13?,32+/m1/s1. The second kappa shape index (κ2) is 8.95. The van der Waals surface area contributed by atoms with Crippen molar-refractivity contribution in [3.8, 4) is 0 Å². The quantitative estimate of drug-likeness (QED) is 0.210. The Labute approximate surface area is 181 Å². The molecule has 18 heteroatoms. The fourth-order valence-corrected chi connectivity index (χ4v) is 6.35. The number of aliphatic hydroxyl groups is 2. The third-order valence-electron chi connectivity index (χ3n) is 4.49. The van der Waals surface area contributed by atoms with E-state index >= 15 is 0 Å². The Bertz CT molecular complexity index is 1180. The summed E-state index contributed by atoms with van der Waals surface area (Å²) in [7, 11) is -8.34. The van der Waals surface area contributed by atoms with E-state index in [2.05, 4.69) is 19.1 Å². The van der Waals surface area contributed by atoms with Crippen molar-refractivity contribution >= 4 is 40.4 Å². The molecular weight excluding hydrogens is 473 g/mol. The Morgan fingerprint density at radius 3 is 2.75 bits per heavy atom. The molecule has 0 bridgehead atoms. The maximum absolute atomic E-state index is 12.3. The number of imidazole rings is 1. The Morgan fingerprint density at radius 2 is 2.09 bits per heavy atom. The molecule has 0 radical (unpaired) electrons. The molecule has 3 rings (SSSR count). The average molecular weight is 495 g/mol. The van der Waals surface area contributed by atoms with E-state index < -0.39 is 66.4 Å². The Balaban J connectivity index is 1.72. The molecule has 0 saturated carbocycles. The fraction of sp³-hybridized carbons (Fsp3) is 0.571. The average Bonchev–Trinajstić information content (AvgIpc) is 3.22. The zero-order chi connectivity index (χ0) is 23.8. The number of aliphatic carboxylic acids is 1. The van der Waals surface area contributed by atoms with E-state index in [-0.39, 0.29) is 17.0 Å². The molecule has 2 aromatic heterocycles. The molecule has 32 heavy (non-hydrogen) atoms. The molecule has 0 aliphatic carbocycles. The number of fused-ring (bicyclic) bond motifs is 1. The van der Waals surface area contributed by atoms with Crippen molar-refractivity contribution in [2.75, 3.05) is 24.3 Å². The molecule has 0 amide bonds. The first-order chi connectivity index (χ1) is 14.8. The molecule has 1 fully saturated rings. The van der Waals surface area contributed by atoms with Gasteiger partial charge in [-0.25, -0.2) is 23.7 Å². The topological polar surface area (TPSA) is 259 Å². The summed E-state index contributed by atoms with van der Waals surface area (Å²) in [5.41, 5.74) is 11.5. The predicted octanol–water partition coefficient (Wildman–Crippen LogP) is -2.35. The molecule has 0 aromatic carbocycles. The smallest absolute Gasteiger partial charge is 0.459 e. The maximum atomic E-state index is 12.3. The van der Waals surface area contributed by atoms with Crippen LogP contribution in [0.25, 0.3) is 11.2 Å². The lowest BCUT2D eigenvalue weighted by Gasteiger charge is -2.17. The number of aliphatic hydroxyl groups excluding tert-OH is 2. The number of hydrogen-bond donors (Lipinski definition) is 6. The van der Waals surface area contributed by atoms with Crippen LogP contribution in [0, 0.1) is 0 Å². The minimum atomic E-state index is -4.85. The van der Waals surface area contributed by atoms with Crippen LogP contribution < -0.4 is 11.5 Å². The van der Waals surface area contributed by atoms with Gasteiger partial charge in [-0.15, -0.1) is 4.13 Å². The van der Waals surface area contributed by atoms with Gasteiger partial charge in [0.05, 0.1) is 28.4 Å². The van der Waals surface area contributed by atoms with Crippen molar-refractivity contribution in [3.05, 3.63) is 12.7 Å². The molecule has 4 unspecified atom stereocenters. The summed E-state index contributed by atoms with van der Waals surface area (Å²) in [6.45, 7) is -0.712. The van der Waals surface area contributed by atoms with Crippen molar-refractivity contribution in [2.45, 2.75) is 30.6 Å². The van der Waals surface area contributed by atoms with Gasteiger partial charge in [0.2, 0.25) is 0 Å². The Kier molecular flexibility index (Phi) is 6.83. The summed E-state index contributed by atoms with van der Waals surface area (Å²) in [5.74, 6) is -2.04. The molecule has 1 saturated heterocycles. The van der Waals surface area contributed by atoms with Crippen LogP contribution in [0.15, 0.2) is 16.8 Å². The molecule has 3 heterocycles. The number of nitrogens with zero attached hydrogens (tertiary/aromatic N) is 5. The van der Waals surface area contributed by atoms with Crippen molar-refractivity contribution in [1.29, 1.82) is 0 Å². The Morgan fingerprint density at radius 1 is 1.41 bits per heavy atom. The van der Waals surface area contributed by atoms with E-state index in [1.165, 1.54) is 17.2 Å². The first-order valence-electron chi connectivity index (χ1n) is 8.93. The van der Waals surface area contributed by atoms with E-state index in [9.17, 15) is 28.7 Å². The zero-order valence-electron chi connectivity index (χ0n) is 16.5. The number of nitrogen functional groups attached to an aromatic ring is 1. The highest BCUT2D eigenvalue weighted by Gasteiger charge is 2.45. The normalized spacial score (nSPS) is 28.2. The van der Waals surface area contributed by atoms with Crippen LogP contribution in [0.4, 0.5) is 5.82 Å². The van der Waals surface area contributed by atoms with Crippen LogP contribution in [0.5, 0.6) is 0 Å². The van der Waals surface area contributed by atoms with Gasteiger partial charge in [-0.05, 0) is 0 Å². The number of carboxylic acid groups (broad SMARTS) is 1. The van der Waals surface area contributed by atoms with E-state index in [1.54, 1.807) is 0 Å². The number of nitrogens with two attached hydrogens (primary N) is 2. The maximum Gasteiger partial charge on any atom is 0.459 e. The van der Waals surface area contributed by atoms with Gasteiger partial charge in [0, 0.05) is 6.26 Å². The number of carbonyl (C=O) groups is 1. The monoisotopic (exact) mass is 495 g/mol. The summed E-state index contributed by atoms with van der Waals surface area (Å²) < 4.78 is 39.4. The lowest BCUT2D eigenvalue weighted by atomic mass is 10.1. The summed E-state index contributed by atoms with van der Waals surface area (Å²) in [4.78, 5) is 32.5. The Hall–Kier alpha value is -2.24. The molecule has 16 nitrogen and oxygen atoms in total. The van der Waals surface area contributed by atoms with Crippen LogP contribution >= 0.6 is 7.75 Å². The number of hydrogen-bond acceptors (Lipinski definition) is 12. The number of aromatic nitrogens is 4. The van der Waals surface area contributed by atoms with Crippen LogP contribution in [-0.4, -0.2) is 92.9 Å². The highest BCUT2D eigenvalue weighted by molar-refractivity contribution is 7.95. The van der Waals surface area contributed by atoms with Gasteiger partial charge in [-0.2, -0.15) is 0 Å². The van der Waals surface area contributed by atoms with Gasteiger partial charge < -0.3 is 36.4 Å². The highest BCUT2D eigenvalue weighted by atomic mass is 32.2.